The topological polar surface area (TPSA) is 75.7 Å². The molecule has 1 N–H and O–H groups in total. The highest BCUT2D eigenvalue weighted by molar-refractivity contribution is 7.87. The summed E-state index contributed by atoms with van der Waals surface area (Å²) in [6, 6.07) is 0. The molecule has 1 aliphatic rings. The SMILES string of the molecule is COC(=O)CCN(C)S(=O)(=O)NCC1CC1(C)C. The smallest absolute Gasteiger partial charge is 0.306 e. The van der Waals surface area contributed by atoms with Crippen LogP contribution in [0, 0.1) is 11.3 Å². The lowest BCUT2D eigenvalue weighted by atomic mass is 10.1. The second kappa shape index (κ2) is 5.54. The molecule has 0 amide bonds. The molecule has 0 aliphatic heterocycles. The Balaban J connectivity index is 2.36. The Labute approximate surface area is 109 Å². The molecule has 0 aromatic carbocycles. The first-order valence-electron chi connectivity index (χ1n) is 5.97. The van der Waals surface area contributed by atoms with Crippen molar-refractivity contribution < 1.29 is 17.9 Å². The number of carbonyl (C=O) groups excluding carboxylic acids is 1. The van der Waals surface area contributed by atoms with Crippen molar-refractivity contribution in [2.24, 2.45) is 11.3 Å². The zero-order chi connectivity index (χ0) is 14.0. The summed E-state index contributed by atoms with van der Waals surface area (Å²) in [5, 5.41) is 0. The fourth-order valence-corrected chi connectivity index (χ4v) is 2.68. The number of carbonyl (C=O) groups is 1. The number of hydrogen-bond acceptors (Lipinski definition) is 4. The van der Waals surface area contributed by atoms with Gasteiger partial charge in [0, 0.05) is 20.1 Å². The molecule has 0 bridgehead atoms. The fourth-order valence-electron chi connectivity index (χ4n) is 1.71. The third-order valence-corrected chi connectivity index (χ3v) is 5.03. The van der Waals surface area contributed by atoms with Crippen molar-refractivity contribution in [2.45, 2.75) is 26.7 Å². The zero-order valence-electron chi connectivity index (χ0n) is 11.4. The van der Waals surface area contributed by atoms with Crippen LogP contribution in [0.5, 0.6) is 0 Å². The van der Waals surface area contributed by atoms with Crippen LogP contribution >= 0.6 is 0 Å². The summed E-state index contributed by atoms with van der Waals surface area (Å²) in [6.45, 7) is 4.81. The minimum absolute atomic E-state index is 0.0584. The number of nitrogens with zero attached hydrogens (tertiary/aromatic N) is 1. The molecular weight excluding hydrogens is 256 g/mol. The van der Waals surface area contributed by atoms with Gasteiger partial charge in [-0.25, -0.2) is 4.72 Å². The molecule has 0 radical (unpaired) electrons. The largest absolute Gasteiger partial charge is 0.469 e. The van der Waals surface area contributed by atoms with E-state index in [1.54, 1.807) is 0 Å². The van der Waals surface area contributed by atoms with Gasteiger partial charge in [-0.05, 0) is 17.8 Å². The maximum Gasteiger partial charge on any atom is 0.306 e. The molecule has 1 rings (SSSR count). The zero-order valence-corrected chi connectivity index (χ0v) is 12.2. The molecular formula is C11H22N2O4S. The van der Waals surface area contributed by atoms with Gasteiger partial charge in [0.15, 0.2) is 0 Å². The highest BCUT2D eigenvalue weighted by atomic mass is 32.2. The molecule has 1 saturated carbocycles. The monoisotopic (exact) mass is 278 g/mol. The molecule has 106 valence electrons. The summed E-state index contributed by atoms with van der Waals surface area (Å²) in [7, 11) is -0.764. The summed E-state index contributed by atoms with van der Waals surface area (Å²) in [5.74, 6) is -0.0124. The van der Waals surface area contributed by atoms with Gasteiger partial charge in [-0.2, -0.15) is 12.7 Å². The molecule has 0 aromatic heterocycles. The lowest BCUT2D eigenvalue weighted by Crippen LogP contribution is -2.40. The van der Waals surface area contributed by atoms with E-state index in [9.17, 15) is 13.2 Å². The predicted octanol–water partition coefficient (Wildman–Crippen LogP) is 0.362. The van der Waals surface area contributed by atoms with E-state index in [1.807, 2.05) is 0 Å². The number of hydrogen-bond donors (Lipinski definition) is 1. The third-order valence-electron chi connectivity index (χ3n) is 3.50. The Morgan fingerprint density at radius 3 is 2.50 bits per heavy atom. The van der Waals surface area contributed by atoms with Crippen LogP contribution in [0.2, 0.25) is 0 Å². The van der Waals surface area contributed by atoms with Crippen LogP contribution in [-0.4, -0.2) is 45.9 Å². The molecule has 1 aliphatic carbocycles. The second-order valence-corrected chi connectivity index (χ2v) is 7.25. The third kappa shape index (κ3) is 4.22. The average Bonchev–Trinajstić information content (AvgIpc) is 2.91. The maximum atomic E-state index is 11.8. The second-order valence-electron chi connectivity index (χ2n) is 5.39. The van der Waals surface area contributed by atoms with E-state index in [2.05, 4.69) is 23.3 Å². The Bertz CT molecular complexity index is 405. The van der Waals surface area contributed by atoms with Gasteiger partial charge >= 0.3 is 5.97 Å². The van der Waals surface area contributed by atoms with Crippen LogP contribution in [0.4, 0.5) is 0 Å². The van der Waals surface area contributed by atoms with Crippen molar-refractivity contribution in [3.05, 3.63) is 0 Å². The number of methoxy groups -OCH3 is 1. The average molecular weight is 278 g/mol. The van der Waals surface area contributed by atoms with Gasteiger partial charge in [-0.3, -0.25) is 4.79 Å². The van der Waals surface area contributed by atoms with Crippen molar-refractivity contribution in [2.75, 3.05) is 27.2 Å². The normalized spacial score (nSPS) is 21.9. The van der Waals surface area contributed by atoms with Gasteiger partial charge in [-0.15, -0.1) is 0 Å². The van der Waals surface area contributed by atoms with E-state index < -0.39 is 16.2 Å². The molecule has 6 nitrogen and oxygen atoms in total. The van der Waals surface area contributed by atoms with Crippen LogP contribution in [0.25, 0.3) is 0 Å². The first-order valence-corrected chi connectivity index (χ1v) is 7.41. The fraction of sp³-hybridized carbons (Fsp3) is 0.909. The summed E-state index contributed by atoms with van der Waals surface area (Å²) >= 11 is 0. The first-order chi connectivity index (χ1) is 8.19. The number of esters is 1. The molecule has 18 heavy (non-hydrogen) atoms. The molecule has 1 atom stereocenters. The van der Waals surface area contributed by atoms with Gasteiger partial charge in [-0.1, -0.05) is 13.8 Å². The minimum Gasteiger partial charge on any atom is -0.469 e. The van der Waals surface area contributed by atoms with E-state index in [0.29, 0.717) is 12.5 Å². The van der Waals surface area contributed by atoms with Crippen LogP contribution in [0.1, 0.15) is 26.7 Å². The number of nitrogens with one attached hydrogen (secondary N) is 1. The van der Waals surface area contributed by atoms with Gasteiger partial charge < -0.3 is 4.74 Å². The molecule has 7 heteroatoms. The maximum absolute atomic E-state index is 11.8. The van der Waals surface area contributed by atoms with Gasteiger partial charge in [0.1, 0.15) is 0 Å². The quantitative estimate of drug-likeness (QED) is 0.682. The lowest BCUT2D eigenvalue weighted by molar-refractivity contribution is -0.140. The van der Waals surface area contributed by atoms with Gasteiger partial charge in [0.05, 0.1) is 13.5 Å². The Hall–Kier alpha value is -0.660. The summed E-state index contributed by atoms with van der Waals surface area (Å²) < 4.78 is 31.8. The van der Waals surface area contributed by atoms with Crippen molar-refractivity contribution in [3.63, 3.8) is 0 Å². The standard InChI is InChI=1S/C11H22N2O4S/c1-11(2)7-9(11)8-12-18(15,16)13(3)6-5-10(14)17-4/h9,12H,5-8H2,1-4H3. The van der Waals surface area contributed by atoms with E-state index in [-0.39, 0.29) is 18.4 Å². The lowest BCUT2D eigenvalue weighted by Gasteiger charge is -2.17. The van der Waals surface area contributed by atoms with E-state index >= 15 is 0 Å². The van der Waals surface area contributed by atoms with Crippen LogP contribution in [0.3, 0.4) is 0 Å². The summed E-state index contributed by atoms with van der Waals surface area (Å²) in [6.07, 6.45) is 1.10. The van der Waals surface area contributed by atoms with E-state index in [0.717, 1.165) is 10.7 Å². The van der Waals surface area contributed by atoms with Crippen LogP contribution < -0.4 is 4.72 Å². The molecule has 0 saturated heterocycles. The van der Waals surface area contributed by atoms with Gasteiger partial charge in [0.25, 0.3) is 10.2 Å². The highest BCUT2D eigenvalue weighted by Crippen LogP contribution is 2.51. The number of ether oxygens (including phenoxy) is 1. The van der Waals surface area contributed by atoms with Crippen molar-refractivity contribution >= 4 is 16.2 Å². The van der Waals surface area contributed by atoms with Crippen molar-refractivity contribution in [3.8, 4) is 0 Å². The van der Waals surface area contributed by atoms with Gasteiger partial charge in [0.2, 0.25) is 0 Å². The molecule has 0 spiro atoms. The molecule has 0 heterocycles. The van der Waals surface area contributed by atoms with Crippen molar-refractivity contribution in [1.82, 2.24) is 9.03 Å². The first kappa shape index (κ1) is 15.4. The van der Waals surface area contributed by atoms with Crippen LogP contribution in [0.15, 0.2) is 0 Å². The van der Waals surface area contributed by atoms with E-state index in [1.165, 1.54) is 14.2 Å². The molecule has 1 unspecified atom stereocenters. The molecule has 0 aromatic rings. The molecule has 1 fully saturated rings. The summed E-state index contributed by atoms with van der Waals surface area (Å²) in [5.41, 5.74) is 0.243. The van der Waals surface area contributed by atoms with Crippen LogP contribution in [-0.2, 0) is 19.7 Å². The predicted molar refractivity (Wildman–Crippen MR) is 68.1 cm³/mol. The summed E-state index contributed by atoms with van der Waals surface area (Å²) in [4.78, 5) is 10.9. The van der Waals surface area contributed by atoms with E-state index in [4.69, 9.17) is 0 Å². The Kier molecular flexibility index (Phi) is 4.74. The Morgan fingerprint density at radius 1 is 1.50 bits per heavy atom. The Morgan fingerprint density at radius 2 is 2.06 bits per heavy atom. The number of rotatable bonds is 7. The minimum atomic E-state index is -3.49. The van der Waals surface area contributed by atoms with Crippen molar-refractivity contribution in [1.29, 1.82) is 0 Å². The highest BCUT2D eigenvalue weighted by Gasteiger charge is 2.45.